The number of rotatable bonds is 0. The maximum Gasteiger partial charge on any atom is 0.410 e. The Kier molecular flexibility index (Phi) is 3.57. The molecular formula is C14H19NO2S. The van der Waals surface area contributed by atoms with Crippen molar-refractivity contribution < 1.29 is 9.53 Å². The smallest absolute Gasteiger partial charge is 0.410 e. The first-order chi connectivity index (χ1) is 8.35. The van der Waals surface area contributed by atoms with E-state index in [2.05, 4.69) is 18.7 Å². The first kappa shape index (κ1) is 13.3. The highest BCUT2D eigenvalue weighted by atomic mass is 32.1. The van der Waals surface area contributed by atoms with Gasteiger partial charge >= 0.3 is 6.09 Å². The molecule has 0 atom stereocenters. The van der Waals surface area contributed by atoms with Crippen LogP contribution in [-0.4, -0.2) is 23.1 Å². The maximum atomic E-state index is 12.0. The molecule has 1 amide bonds. The van der Waals surface area contributed by atoms with Crippen LogP contribution in [0, 0.1) is 0 Å². The lowest BCUT2D eigenvalue weighted by molar-refractivity contribution is 0.0224. The van der Waals surface area contributed by atoms with Gasteiger partial charge in [-0.25, -0.2) is 4.79 Å². The van der Waals surface area contributed by atoms with Gasteiger partial charge in [-0.3, -0.25) is 0 Å². The van der Waals surface area contributed by atoms with Crippen molar-refractivity contribution in [2.24, 2.45) is 0 Å². The number of amides is 1. The molecule has 0 unspecified atom stereocenters. The van der Waals surface area contributed by atoms with Crippen LogP contribution in [0.1, 0.15) is 31.9 Å². The number of benzene rings is 1. The summed E-state index contributed by atoms with van der Waals surface area (Å²) in [4.78, 5) is 14.7. The first-order valence-electron chi connectivity index (χ1n) is 6.14. The lowest BCUT2D eigenvalue weighted by atomic mass is 10.0. The second-order valence-electron chi connectivity index (χ2n) is 5.60. The van der Waals surface area contributed by atoms with Gasteiger partial charge in [0.1, 0.15) is 5.60 Å². The predicted molar refractivity (Wildman–Crippen MR) is 74.0 cm³/mol. The van der Waals surface area contributed by atoms with Gasteiger partial charge < -0.3 is 9.64 Å². The van der Waals surface area contributed by atoms with Gasteiger partial charge in [-0.05, 0) is 50.5 Å². The van der Waals surface area contributed by atoms with E-state index in [1.807, 2.05) is 32.9 Å². The Morgan fingerprint density at radius 1 is 1.33 bits per heavy atom. The predicted octanol–water partition coefficient (Wildman–Crippen LogP) is 3.27. The summed E-state index contributed by atoms with van der Waals surface area (Å²) >= 11 is 4.33. The Bertz CT molecular complexity index is 465. The molecule has 0 aromatic heterocycles. The van der Waals surface area contributed by atoms with Crippen LogP contribution in [0.15, 0.2) is 23.1 Å². The van der Waals surface area contributed by atoms with Crippen molar-refractivity contribution in [3.63, 3.8) is 0 Å². The maximum absolute atomic E-state index is 12.0. The average molecular weight is 265 g/mol. The van der Waals surface area contributed by atoms with Crippen LogP contribution in [0.3, 0.4) is 0 Å². The van der Waals surface area contributed by atoms with E-state index in [9.17, 15) is 4.79 Å². The highest BCUT2D eigenvalue weighted by molar-refractivity contribution is 7.80. The normalized spacial score (nSPS) is 15.2. The molecule has 1 aliphatic heterocycles. The Labute approximate surface area is 114 Å². The zero-order valence-corrected chi connectivity index (χ0v) is 12.0. The number of hydrogen-bond donors (Lipinski definition) is 1. The number of thiol groups is 1. The molecule has 1 aromatic rings. The van der Waals surface area contributed by atoms with E-state index >= 15 is 0 Å². The van der Waals surface area contributed by atoms with Crippen LogP contribution < -0.4 is 0 Å². The minimum Gasteiger partial charge on any atom is -0.444 e. The number of carbonyl (C=O) groups is 1. The molecule has 98 valence electrons. The summed E-state index contributed by atoms with van der Waals surface area (Å²) < 4.78 is 5.39. The Balaban J connectivity index is 2.09. The molecule has 0 saturated heterocycles. The first-order valence-corrected chi connectivity index (χ1v) is 6.58. The van der Waals surface area contributed by atoms with Crippen LogP contribution >= 0.6 is 12.6 Å². The van der Waals surface area contributed by atoms with Crippen molar-refractivity contribution in [2.45, 2.75) is 44.2 Å². The molecule has 1 aliphatic rings. The number of fused-ring (bicyclic) bond motifs is 1. The third-order valence-electron chi connectivity index (χ3n) is 2.85. The molecule has 0 aliphatic carbocycles. The lowest BCUT2D eigenvalue weighted by Gasteiger charge is -2.31. The molecule has 18 heavy (non-hydrogen) atoms. The molecule has 0 fully saturated rings. The second kappa shape index (κ2) is 4.84. The summed E-state index contributed by atoms with van der Waals surface area (Å²) in [5.74, 6) is 0. The number of carbonyl (C=O) groups excluding carboxylic acids is 1. The molecule has 0 saturated carbocycles. The molecule has 0 N–H and O–H groups in total. The fourth-order valence-electron chi connectivity index (χ4n) is 2.03. The van der Waals surface area contributed by atoms with E-state index in [1.165, 1.54) is 11.1 Å². The van der Waals surface area contributed by atoms with Gasteiger partial charge in [0.15, 0.2) is 0 Å². The van der Waals surface area contributed by atoms with Crippen LogP contribution in [-0.2, 0) is 17.7 Å². The molecule has 1 heterocycles. The average Bonchev–Trinajstić information content (AvgIpc) is 2.25. The minimum atomic E-state index is -0.442. The van der Waals surface area contributed by atoms with Crippen LogP contribution in [0.2, 0.25) is 0 Å². The van der Waals surface area contributed by atoms with Crippen molar-refractivity contribution in [1.29, 1.82) is 0 Å². The van der Waals surface area contributed by atoms with E-state index in [4.69, 9.17) is 4.74 Å². The summed E-state index contributed by atoms with van der Waals surface area (Å²) in [5.41, 5.74) is 2.02. The summed E-state index contributed by atoms with van der Waals surface area (Å²) in [7, 11) is 0. The summed E-state index contributed by atoms with van der Waals surface area (Å²) in [6.45, 7) is 6.98. The van der Waals surface area contributed by atoms with E-state index in [-0.39, 0.29) is 6.09 Å². The second-order valence-corrected chi connectivity index (χ2v) is 6.12. The van der Waals surface area contributed by atoms with Gasteiger partial charge in [-0.15, -0.1) is 12.6 Å². The Hall–Kier alpha value is -1.16. The van der Waals surface area contributed by atoms with Gasteiger partial charge in [0.05, 0.1) is 0 Å². The minimum absolute atomic E-state index is 0.238. The summed E-state index contributed by atoms with van der Waals surface area (Å²) in [5, 5.41) is 0. The molecule has 1 aromatic carbocycles. The fraction of sp³-hybridized carbons (Fsp3) is 0.500. The van der Waals surface area contributed by atoms with Crippen molar-refractivity contribution in [2.75, 3.05) is 6.54 Å². The highest BCUT2D eigenvalue weighted by Crippen LogP contribution is 2.23. The van der Waals surface area contributed by atoms with Gasteiger partial charge in [0.25, 0.3) is 0 Å². The van der Waals surface area contributed by atoms with Crippen molar-refractivity contribution >= 4 is 18.7 Å². The number of nitrogens with zero attached hydrogens (tertiary/aromatic N) is 1. The van der Waals surface area contributed by atoms with E-state index in [0.717, 1.165) is 11.3 Å². The molecule has 0 radical (unpaired) electrons. The number of hydrogen-bond acceptors (Lipinski definition) is 3. The zero-order valence-electron chi connectivity index (χ0n) is 11.1. The zero-order chi connectivity index (χ0) is 13.3. The highest BCUT2D eigenvalue weighted by Gasteiger charge is 2.25. The standard InChI is InChI=1S/C14H19NO2S/c1-14(2,3)17-13(16)15-7-6-10-4-5-12(18)8-11(10)9-15/h4-5,8,18H,6-7,9H2,1-3H3. The van der Waals surface area contributed by atoms with Gasteiger partial charge in [0, 0.05) is 18.0 Å². The van der Waals surface area contributed by atoms with Crippen LogP contribution in [0.4, 0.5) is 4.79 Å². The Morgan fingerprint density at radius 3 is 2.72 bits per heavy atom. The van der Waals surface area contributed by atoms with E-state index in [1.54, 1.807) is 4.90 Å². The van der Waals surface area contributed by atoms with Crippen LogP contribution in [0.5, 0.6) is 0 Å². The molecule has 2 rings (SSSR count). The van der Waals surface area contributed by atoms with E-state index in [0.29, 0.717) is 13.1 Å². The quantitative estimate of drug-likeness (QED) is 0.730. The summed E-state index contributed by atoms with van der Waals surface area (Å²) in [6.07, 6.45) is 0.639. The van der Waals surface area contributed by atoms with Gasteiger partial charge in [-0.2, -0.15) is 0 Å². The monoisotopic (exact) mass is 265 g/mol. The molecule has 4 heteroatoms. The van der Waals surface area contributed by atoms with Crippen LogP contribution in [0.25, 0.3) is 0 Å². The van der Waals surface area contributed by atoms with Gasteiger partial charge in [-0.1, -0.05) is 6.07 Å². The molecular weight excluding hydrogens is 246 g/mol. The largest absolute Gasteiger partial charge is 0.444 e. The fourth-order valence-corrected chi connectivity index (χ4v) is 2.26. The Morgan fingerprint density at radius 2 is 2.06 bits per heavy atom. The van der Waals surface area contributed by atoms with Gasteiger partial charge in [0.2, 0.25) is 0 Å². The molecule has 0 bridgehead atoms. The molecule has 3 nitrogen and oxygen atoms in total. The topological polar surface area (TPSA) is 29.5 Å². The third-order valence-corrected chi connectivity index (χ3v) is 3.13. The lowest BCUT2D eigenvalue weighted by Crippen LogP contribution is -2.39. The molecule has 0 spiro atoms. The summed E-state index contributed by atoms with van der Waals surface area (Å²) in [6, 6.07) is 6.10. The third kappa shape index (κ3) is 3.19. The van der Waals surface area contributed by atoms with E-state index < -0.39 is 5.60 Å². The number of ether oxygens (including phenoxy) is 1. The van der Waals surface area contributed by atoms with Crippen molar-refractivity contribution in [3.05, 3.63) is 29.3 Å². The van der Waals surface area contributed by atoms with Crippen molar-refractivity contribution in [1.82, 2.24) is 4.90 Å². The SMILES string of the molecule is CC(C)(C)OC(=O)N1CCc2ccc(S)cc2C1. The van der Waals surface area contributed by atoms with Crippen molar-refractivity contribution in [3.8, 4) is 0 Å².